The molecule has 1 fully saturated rings. The summed E-state index contributed by atoms with van der Waals surface area (Å²) in [5.74, 6) is 0.856. The van der Waals surface area contributed by atoms with Crippen LogP contribution in [0.5, 0.6) is 5.75 Å². The Hall–Kier alpha value is -2.56. The summed E-state index contributed by atoms with van der Waals surface area (Å²) >= 11 is 0. The van der Waals surface area contributed by atoms with Crippen molar-refractivity contribution in [1.29, 1.82) is 0 Å². The first-order chi connectivity index (χ1) is 11.2. The number of carbonyl (C=O) groups is 1. The number of amides is 2. The van der Waals surface area contributed by atoms with Crippen molar-refractivity contribution in [3.8, 4) is 5.75 Å². The Labute approximate surface area is 136 Å². The lowest BCUT2D eigenvalue weighted by Crippen LogP contribution is -2.40. The molecule has 1 saturated carbocycles. The Morgan fingerprint density at radius 2 is 2.00 bits per heavy atom. The largest absolute Gasteiger partial charge is 0.508 e. The highest BCUT2D eigenvalue weighted by molar-refractivity contribution is 5.74. The normalized spacial score (nSPS) is 13.6. The molecule has 120 valence electrons. The van der Waals surface area contributed by atoms with Crippen LogP contribution in [0.2, 0.25) is 0 Å². The van der Waals surface area contributed by atoms with Gasteiger partial charge in [0, 0.05) is 19.3 Å². The molecule has 0 spiro atoms. The molecular weight excluding hydrogens is 290 g/mol. The summed E-state index contributed by atoms with van der Waals surface area (Å²) in [5.41, 5.74) is 1.85. The molecule has 2 aromatic rings. The lowest BCUT2D eigenvalue weighted by Gasteiger charge is -2.23. The van der Waals surface area contributed by atoms with Crippen molar-refractivity contribution in [2.75, 3.05) is 6.54 Å². The Balaban J connectivity index is 1.60. The predicted molar refractivity (Wildman–Crippen MR) is 87.7 cm³/mol. The monoisotopic (exact) mass is 311 g/mol. The van der Waals surface area contributed by atoms with Crippen LogP contribution >= 0.6 is 0 Å². The van der Waals surface area contributed by atoms with Gasteiger partial charge < -0.3 is 15.3 Å². The standard InChI is InChI=1S/C18H21N3O2/c22-17-8-6-15(7-9-17)13-21(12-14-4-5-14)18(23)20-11-16-3-1-2-10-19-16/h1-3,6-10,14,22H,4-5,11-13H2,(H,20,23). The number of aromatic hydroxyl groups is 1. The van der Waals surface area contributed by atoms with Gasteiger partial charge in [0.25, 0.3) is 0 Å². The van der Waals surface area contributed by atoms with Gasteiger partial charge in [0.05, 0.1) is 12.2 Å². The van der Waals surface area contributed by atoms with Crippen molar-refractivity contribution in [2.45, 2.75) is 25.9 Å². The van der Waals surface area contributed by atoms with E-state index in [0.717, 1.165) is 17.8 Å². The van der Waals surface area contributed by atoms with Gasteiger partial charge in [-0.3, -0.25) is 4.98 Å². The number of phenolic OH excluding ortho intramolecular Hbond substituents is 1. The number of urea groups is 1. The van der Waals surface area contributed by atoms with Crippen LogP contribution in [0.15, 0.2) is 48.7 Å². The number of pyridine rings is 1. The lowest BCUT2D eigenvalue weighted by molar-refractivity contribution is 0.192. The molecule has 1 aromatic heterocycles. The van der Waals surface area contributed by atoms with Crippen LogP contribution < -0.4 is 5.32 Å². The van der Waals surface area contributed by atoms with Crippen LogP contribution in [0.3, 0.4) is 0 Å². The number of benzene rings is 1. The molecule has 3 rings (SSSR count). The molecule has 5 heteroatoms. The van der Waals surface area contributed by atoms with Crippen LogP contribution in [0.25, 0.3) is 0 Å². The number of carbonyl (C=O) groups excluding carboxylic acids is 1. The lowest BCUT2D eigenvalue weighted by atomic mass is 10.2. The Bertz CT molecular complexity index is 639. The zero-order valence-corrected chi connectivity index (χ0v) is 13.0. The number of nitrogens with zero attached hydrogens (tertiary/aromatic N) is 2. The summed E-state index contributed by atoms with van der Waals surface area (Å²) in [6.07, 6.45) is 4.11. The second-order valence-corrected chi connectivity index (χ2v) is 5.97. The quantitative estimate of drug-likeness (QED) is 0.862. The summed E-state index contributed by atoms with van der Waals surface area (Å²) in [6, 6.07) is 12.6. The molecule has 0 atom stereocenters. The summed E-state index contributed by atoms with van der Waals surface area (Å²) in [5, 5.41) is 12.3. The zero-order valence-electron chi connectivity index (χ0n) is 13.0. The number of hydrogen-bond acceptors (Lipinski definition) is 3. The van der Waals surface area contributed by atoms with Crippen LogP contribution in [0.1, 0.15) is 24.1 Å². The van der Waals surface area contributed by atoms with E-state index in [0.29, 0.717) is 19.0 Å². The third-order valence-electron chi connectivity index (χ3n) is 3.92. The fraction of sp³-hybridized carbons (Fsp3) is 0.333. The van der Waals surface area contributed by atoms with E-state index in [1.54, 1.807) is 18.3 Å². The Kier molecular flexibility index (Phi) is 4.76. The van der Waals surface area contributed by atoms with Crippen molar-refractivity contribution < 1.29 is 9.90 Å². The minimum absolute atomic E-state index is 0.0735. The molecule has 0 saturated heterocycles. The molecule has 1 aromatic carbocycles. The van der Waals surface area contributed by atoms with Crippen molar-refractivity contribution in [3.05, 3.63) is 59.9 Å². The van der Waals surface area contributed by atoms with Crippen molar-refractivity contribution >= 4 is 6.03 Å². The van der Waals surface area contributed by atoms with Gasteiger partial charge >= 0.3 is 6.03 Å². The number of aromatic nitrogens is 1. The summed E-state index contributed by atoms with van der Waals surface area (Å²) in [6.45, 7) is 1.75. The molecule has 1 heterocycles. The van der Waals surface area contributed by atoms with Gasteiger partial charge in [0.2, 0.25) is 0 Å². The minimum atomic E-state index is -0.0735. The first kappa shape index (κ1) is 15.3. The highest BCUT2D eigenvalue weighted by atomic mass is 16.3. The predicted octanol–water partition coefficient (Wildman–Crippen LogP) is 2.91. The van der Waals surface area contributed by atoms with Crippen LogP contribution in [0.4, 0.5) is 4.79 Å². The summed E-state index contributed by atoms with van der Waals surface area (Å²) in [4.78, 5) is 18.5. The fourth-order valence-electron chi connectivity index (χ4n) is 2.43. The second-order valence-electron chi connectivity index (χ2n) is 5.97. The maximum Gasteiger partial charge on any atom is 0.318 e. The van der Waals surface area contributed by atoms with Gasteiger partial charge in [-0.1, -0.05) is 18.2 Å². The van der Waals surface area contributed by atoms with E-state index in [1.807, 2.05) is 35.2 Å². The van der Waals surface area contributed by atoms with Crippen molar-refractivity contribution in [2.24, 2.45) is 5.92 Å². The molecule has 5 nitrogen and oxygen atoms in total. The van der Waals surface area contributed by atoms with Gasteiger partial charge in [-0.05, 0) is 48.6 Å². The molecule has 0 bridgehead atoms. The molecule has 23 heavy (non-hydrogen) atoms. The van der Waals surface area contributed by atoms with E-state index in [1.165, 1.54) is 12.8 Å². The average Bonchev–Trinajstić information content (AvgIpc) is 3.39. The molecule has 0 unspecified atom stereocenters. The SMILES string of the molecule is O=C(NCc1ccccn1)N(Cc1ccc(O)cc1)CC1CC1. The van der Waals surface area contributed by atoms with E-state index < -0.39 is 0 Å². The van der Waals surface area contributed by atoms with E-state index in [9.17, 15) is 9.90 Å². The number of rotatable bonds is 6. The van der Waals surface area contributed by atoms with Gasteiger partial charge in [-0.25, -0.2) is 4.79 Å². The minimum Gasteiger partial charge on any atom is -0.508 e. The van der Waals surface area contributed by atoms with Gasteiger partial charge in [-0.2, -0.15) is 0 Å². The third kappa shape index (κ3) is 4.71. The van der Waals surface area contributed by atoms with Gasteiger partial charge in [0.15, 0.2) is 0 Å². The van der Waals surface area contributed by atoms with Gasteiger partial charge in [-0.15, -0.1) is 0 Å². The number of hydrogen-bond donors (Lipinski definition) is 2. The van der Waals surface area contributed by atoms with E-state index in [4.69, 9.17) is 0 Å². The van der Waals surface area contributed by atoms with Crippen molar-refractivity contribution in [1.82, 2.24) is 15.2 Å². The Morgan fingerprint density at radius 3 is 2.65 bits per heavy atom. The second kappa shape index (κ2) is 7.13. The maximum absolute atomic E-state index is 12.5. The molecule has 0 radical (unpaired) electrons. The molecule has 1 aliphatic rings. The number of phenols is 1. The van der Waals surface area contributed by atoms with Crippen LogP contribution in [-0.2, 0) is 13.1 Å². The highest BCUT2D eigenvalue weighted by Gasteiger charge is 2.26. The third-order valence-corrected chi connectivity index (χ3v) is 3.92. The van der Waals surface area contributed by atoms with Crippen LogP contribution in [-0.4, -0.2) is 27.6 Å². The van der Waals surface area contributed by atoms with Gasteiger partial charge in [0.1, 0.15) is 5.75 Å². The molecule has 0 aliphatic heterocycles. The molecular formula is C18H21N3O2. The molecule has 2 N–H and O–H groups in total. The maximum atomic E-state index is 12.5. The topological polar surface area (TPSA) is 65.5 Å². The fourth-order valence-corrected chi connectivity index (χ4v) is 2.43. The smallest absolute Gasteiger partial charge is 0.318 e. The first-order valence-corrected chi connectivity index (χ1v) is 7.91. The molecule has 2 amide bonds. The number of nitrogens with one attached hydrogen (secondary N) is 1. The summed E-state index contributed by atoms with van der Waals surface area (Å²) in [7, 11) is 0. The van der Waals surface area contributed by atoms with Crippen LogP contribution in [0, 0.1) is 5.92 Å². The molecule has 1 aliphatic carbocycles. The summed E-state index contributed by atoms with van der Waals surface area (Å²) < 4.78 is 0. The first-order valence-electron chi connectivity index (χ1n) is 7.91. The average molecular weight is 311 g/mol. The Morgan fingerprint density at radius 1 is 1.22 bits per heavy atom. The zero-order chi connectivity index (χ0) is 16.1. The van der Waals surface area contributed by atoms with Crippen molar-refractivity contribution in [3.63, 3.8) is 0 Å². The van der Waals surface area contributed by atoms with E-state index in [2.05, 4.69) is 10.3 Å². The highest BCUT2D eigenvalue weighted by Crippen LogP contribution is 2.30. The van der Waals surface area contributed by atoms with E-state index >= 15 is 0 Å². The van der Waals surface area contributed by atoms with E-state index in [-0.39, 0.29) is 11.8 Å².